The van der Waals surface area contributed by atoms with Crippen molar-refractivity contribution in [2.75, 3.05) is 59.3 Å². The Hall–Kier alpha value is -2.05. The number of hydrogen-bond donors (Lipinski definition) is 2. The summed E-state index contributed by atoms with van der Waals surface area (Å²) in [4.78, 5) is 24.5. The van der Waals surface area contributed by atoms with Gasteiger partial charge in [-0.3, -0.25) is 0 Å². The lowest BCUT2D eigenvalue weighted by atomic mass is 9.98. The largest absolute Gasteiger partial charge is 0.500 e. The zero-order valence-corrected chi connectivity index (χ0v) is 33.8. The zero-order valence-electron chi connectivity index (χ0n) is 31.8. The molecule has 0 aromatic carbocycles. The van der Waals surface area contributed by atoms with Crippen molar-refractivity contribution in [1.29, 1.82) is 0 Å². The van der Waals surface area contributed by atoms with Crippen LogP contribution in [0, 0.1) is 5.92 Å². The number of allylic oxidation sites excluding steroid dienone is 3. The summed E-state index contributed by atoms with van der Waals surface area (Å²) in [6, 6.07) is 1.26. The molecular formula is C35H68N2O10Si2. The summed E-state index contributed by atoms with van der Waals surface area (Å²) in [5.74, 6) is 0.296. The smallest absolute Gasteiger partial charge is 0.445 e. The maximum absolute atomic E-state index is 12.4. The van der Waals surface area contributed by atoms with E-state index < -0.39 is 35.4 Å². The van der Waals surface area contributed by atoms with Crippen LogP contribution in [-0.4, -0.2) is 94.7 Å². The van der Waals surface area contributed by atoms with Crippen LogP contribution in [-0.2, 0) is 36.0 Å². The zero-order chi connectivity index (χ0) is 36.9. The van der Waals surface area contributed by atoms with Crippen LogP contribution in [0.15, 0.2) is 37.0 Å². The van der Waals surface area contributed by atoms with Crippen molar-refractivity contribution in [2.24, 2.45) is 5.92 Å². The quantitative estimate of drug-likeness (QED) is 0.0418. The third-order valence-electron chi connectivity index (χ3n) is 7.14. The van der Waals surface area contributed by atoms with Crippen LogP contribution in [0.4, 0.5) is 9.59 Å². The fourth-order valence-corrected chi connectivity index (χ4v) is 10.2. The minimum absolute atomic E-state index is 0.199. The Morgan fingerprint density at radius 1 is 0.694 bits per heavy atom. The van der Waals surface area contributed by atoms with E-state index in [1.165, 1.54) is 0 Å². The number of amides is 2. The van der Waals surface area contributed by atoms with Gasteiger partial charge in [0.2, 0.25) is 0 Å². The van der Waals surface area contributed by atoms with Crippen LogP contribution < -0.4 is 10.6 Å². The molecule has 12 nitrogen and oxygen atoms in total. The van der Waals surface area contributed by atoms with E-state index in [1.54, 1.807) is 0 Å². The lowest BCUT2D eigenvalue weighted by molar-refractivity contribution is 0.0407. The second-order valence-electron chi connectivity index (χ2n) is 11.7. The van der Waals surface area contributed by atoms with Crippen molar-refractivity contribution >= 4 is 29.8 Å². The average molecular weight is 733 g/mol. The number of alkyl carbamates (subject to hydrolysis) is 2. The molecule has 286 valence electrons. The lowest BCUT2D eigenvalue weighted by Gasteiger charge is -2.28. The van der Waals surface area contributed by atoms with Crippen LogP contribution in [0.1, 0.15) is 93.9 Å². The summed E-state index contributed by atoms with van der Waals surface area (Å²) >= 11 is 0. The van der Waals surface area contributed by atoms with E-state index in [9.17, 15) is 9.59 Å². The van der Waals surface area contributed by atoms with Crippen molar-refractivity contribution < 1.29 is 45.6 Å². The molecule has 14 heteroatoms. The van der Waals surface area contributed by atoms with Gasteiger partial charge in [0, 0.05) is 71.2 Å². The van der Waals surface area contributed by atoms with Crippen molar-refractivity contribution in [3.63, 3.8) is 0 Å². The van der Waals surface area contributed by atoms with Gasteiger partial charge in [-0.1, -0.05) is 30.4 Å². The molecule has 0 aromatic heterocycles. The molecule has 49 heavy (non-hydrogen) atoms. The van der Waals surface area contributed by atoms with Gasteiger partial charge in [-0.15, -0.1) is 6.58 Å². The number of hydrogen-bond acceptors (Lipinski definition) is 10. The first-order valence-corrected chi connectivity index (χ1v) is 22.0. The minimum Gasteiger partial charge on any atom is -0.445 e. The van der Waals surface area contributed by atoms with Gasteiger partial charge in [-0.25, -0.2) is 9.59 Å². The molecule has 0 fully saturated rings. The van der Waals surface area contributed by atoms with Gasteiger partial charge in [0.1, 0.15) is 12.2 Å². The number of ether oxygens (including phenoxy) is 2. The Labute approximate surface area is 299 Å². The third kappa shape index (κ3) is 23.1. The summed E-state index contributed by atoms with van der Waals surface area (Å²) in [5.41, 5.74) is -0.642. The van der Waals surface area contributed by atoms with E-state index in [2.05, 4.69) is 29.4 Å². The van der Waals surface area contributed by atoms with Gasteiger partial charge >= 0.3 is 29.8 Å². The van der Waals surface area contributed by atoms with Crippen LogP contribution in [0.25, 0.3) is 0 Å². The van der Waals surface area contributed by atoms with Gasteiger partial charge in [0.15, 0.2) is 0 Å². The van der Waals surface area contributed by atoms with Gasteiger partial charge in [0.25, 0.3) is 0 Å². The second kappa shape index (κ2) is 28.6. The molecule has 2 amide bonds. The number of nitrogens with one attached hydrogen (secondary N) is 2. The van der Waals surface area contributed by atoms with E-state index in [0.29, 0.717) is 90.0 Å². The molecule has 0 heterocycles. The van der Waals surface area contributed by atoms with E-state index in [4.69, 9.17) is 36.0 Å². The van der Waals surface area contributed by atoms with Crippen molar-refractivity contribution in [2.45, 2.75) is 112 Å². The summed E-state index contributed by atoms with van der Waals surface area (Å²) in [6.07, 6.45) is 13.6. The summed E-state index contributed by atoms with van der Waals surface area (Å²) in [5, 5.41) is 5.61. The number of carbonyl (C=O) groups excluding carboxylic acids is 2. The van der Waals surface area contributed by atoms with Gasteiger partial charge in [0.05, 0.1) is 0 Å². The number of rotatable bonds is 31. The highest BCUT2D eigenvalue weighted by Crippen LogP contribution is 2.20. The molecule has 1 unspecified atom stereocenters. The molecule has 0 saturated heterocycles. The van der Waals surface area contributed by atoms with E-state index in [-0.39, 0.29) is 6.61 Å². The summed E-state index contributed by atoms with van der Waals surface area (Å²) < 4.78 is 46.0. The Kier molecular flexibility index (Phi) is 27.4. The molecule has 0 rings (SSSR count). The molecular weight excluding hydrogens is 665 g/mol. The number of carbonyl (C=O) groups is 2. The second-order valence-corrected chi connectivity index (χ2v) is 17.2. The molecule has 0 aliphatic carbocycles. The normalized spacial score (nSPS) is 13.1. The highest BCUT2D eigenvalue weighted by molar-refractivity contribution is 6.61. The summed E-state index contributed by atoms with van der Waals surface area (Å²) in [7, 11) is -5.43. The Morgan fingerprint density at radius 3 is 1.61 bits per heavy atom. The first kappa shape index (κ1) is 47.0. The fourth-order valence-electron chi connectivity index (χ4n) is 4.96. The molecule has 0 aliphatic rings. The van der Waals surface area contributed by atoms with E-state index in [0.717, 1.165) is 19.3 Å². The Balaban J connectivity index is 4.33. The van der Waals surface area contributed by atoms with Gasteiger partial charge < -0.3 is 46.7 Å². The molecule has 0 aromatic rings. The Morgan fingerprint density at radius 2 is 1.16 bits per heavy atom. The van der Waals surface area contributed by atoms with Crippen LogP contribution in [0.2, 0.25) is 12.1 Å². The SMILES string of the molecule is C=CC(C/C=C/COC(=O)NCCC[Si](OCC)(OCC)OCC)CC/C=C/CC(C)(C)OC(=O)NCCC[Si](OCC)(OCC)OCC. The predicted molar refractivity (Wildman–Crippen MR) is 198 cm³/mol. The molecule has 0 radical (unpaired) electrons. The van der Waals surface area contributed by atoms with Crippen molar-refractivity contribution in [3.05, 3.63) is 37.0 Å². The maximum atomic E-state index is 12.4. The standard InChI is InChI=1S/C35H68N2O10Si2/c1-10-32(25-19-21-29-40-33(38)36-27-22-30-48(41-11-2,42-12-3)43-13-4)24-18-17-20-26-35(8,9)47-34(39)37-28-23-31-49(44-14-5,45-15-6)46-16-7/h10,17,19-21,32H,1,11-16,18,22-31H2,2-9H3,(H,36,38)(H,37,39)/b20-17+,21-19+. The predicted octanol–water partition coefficient (Wildman–Crippen LogP) is 7.57. The molecule has 0 spiro atoms. The molecule has 0 aliphatic heterocycles. The van der Waals surface area contributed by atoms with Crippen LogP contribution in [0.5, 0.6) is 0 Å². The Bertz CT molecular complexity index is 902. The van der Waals surface area contributed by atoms with Crippen molar-refractivity contribution in [1.82, 2.24) is 10.6 Å². The first-order valence-electron chi connectivity index (χ1n) is 18.1. The van der Waals surface area contributed by atoms with Crippen molar-refractivity contribution in [3.8, 4) is 0 Å². The third-order valence-corrected chi connectivity index (χ3v) is 13.4. The van der Waals surface area contributed by atoms with Crippen LogP contribution >= 0.6 is 0 Å². The molecule has 2 N–H and O–H groups in total. The summed E-state index contributed by atoms with van der Waals surface area (Å²) in [6.45, 7) is 23.6. The van der Waals surface area contributed by atoms with Crippen LogP contribution in [0.3, 0.4) is 0 Å². The van der Waals surface area contributed by atoms with Gasteiger partial charge in [-0.2, -0.15) is 0 Å². The molecule has 0 bridgehead atoms. The monoisotopic (exact) mass is 732 g/mol. The first-order chi connectivity index (χ1) is 23.5. The van der Waals surface area contributed by atoms with E-state index >= 15 is 0 Å². The highest BCUT2D eigenvalue weighted by atomic mass is 28.4. The average Bonchev–Trinajstić information content (AvgIpc) is 3.04. The molecule has 1 atom stereocenters. The van der Waals surface area contributed by atoms with Gasteiger partial charge in [-0.05, 0) is 93.4 Å². The maximum Gasteiger partial charge on any atom is 0.500 e. The highest BCUT2D eigenvalue weighted by Gasteiger charge is 2.40. The minimum atomic E-state index is -2.72. The fraction of sp³-hybridized carbons (Fsp3) is 0.771. The van der Waals surface area contributed by atoms with E-state index in [1.807, 2.05) is 73.6 Å². The molecule has 0 saturated carbocycles. The lowest BCUT2D eigenvalue weighted by Crippen LogP contribution is -2.46. The topological polar surface area (TPSA) is 132 Å².